The SMILES string of the molecule is N#CCc1nc2ccccc2n1CC1CCC(C(=O)O)O1. The second-order valence-electron chi connectivity index (χ2n) is 5.12. The van der Waals surface area contributed by atoms with Gasteiger partial charge in [-0.15, -0.1) is 0 Å². The quantitative estimate of drug-likeness (QED) is 0.924. The molecule has 0 amide bonds. The van der Waals surface area contributed by atoms with Crippen LogP contribution < -0.4 is 0 Å². The van der Waals surface area contributed by atoms with E-state index in [1.807, 2.05) is 28.8 Å². The number of nitrogens with zero attached hydrogens (tertiary/aromatic N) is 3. The minimum Gasteiger partial charge on any atom is -0.479 e. The predicted molar refractivity (Wildman–Crippen MR) is 74.6 cm³/mol. The van der Waals surface area contributed by atoms with E-state index in [2.05, 4.69) is 11.1 Å². The summed E-state index contributed by atoms with van der Waals surface area (Å²) >= 11 is 0. The van der Waals surface area contributed by atoms with E-state index in [0.717, 1.165) is 11.0 Å². The Bertz CT molecular complexity index is 717. The molecule has 108 valence electrons. The molecule has 2 aromatic rings. The topological polar surface area (TPSA) is 88.1 Å². The number of hydrogen-bond donors (Lipinski definition) is 1. The van der Waals surface area contributed by atoms with Gasteiger partial charge >= 0.3 is 5.97 Å². The first-order valence-corrected chi connectivity index (χ1v) is 6.88. The highest BCUT2D eigenvalue weighted by molar-refractivity contribution is 5.76. The fourth-order valence-corrected chi connectivity index (χ4v) is 2.76. The van der Waals surface area contributed by atoms with Gasteiger partial charge in [-0.25, -0.2) is 9.78 Å². The summed E-state index contributed by atoms with van der Waals surface area (Å²) in [6.45, 7) is 0.529. The maximum absolute atomic E-state index is 10.9. The van der Waals surface area contributed by atoms with Gasteiger partial charge in [-0.05, 0) is 25.0 Å². The van der Waals surface area contributed by atoms with Gasteiger partial charge in [0.05, 0.1) is 36.2 Å². The number of imidazole rings is 1. The molecular weight excluding hydrogens is 270 g/mol. The maximum atomic E-state index is 10.9. The lowest BCUT2D eigenvalue weighted by Gasteiger charge is -2.14. The van der Waals surface area contributed by atoms with E-state index in [4.69, 9.17) is 15.1 Å². The molecule has 1 aliphatic rings. The largest absolute Gasteiger partial charge is 0.479 e. The van der Waals surface area contributed by atoms with Crippen LogP contribution in [0.4, 0.5) is 0 Å². The molecule has 3 rings (SSSR count). The van der Waals surface area contributed by atoms with Crippen molar-refractivity contribution in [1.82, 2.24) is 9.55 Å². The van der Waals surface area contributed by atoms with Crippen molar-refractivity contribution in [3.05, 3.63) is 30.1 Å². The van der Waals surface area contributed by atoms with Crippen molar-refractivity contribution in [3.63, 3.8) is 0 Å². The van der Waals surface area contributed by atoms with Crippen molar-refractivity contribution < 1.29 is 14.6 Å². The maximum Gasteiger partial charge on any atom is 0.332 e. The summed E-state index contributed by atoms with van der Waals surface area (Å²) in [4.78, 5) is 15.4. The molecule has 2 heterocycles. The number of ether oxygens (including phenoxy) is 1. The average molecular weight is 285 g/mol. The number of rotatable bonds is 4. The van der Waals surface area contributed by atoms with Gasteiger partial charge in [0.2, 0.25) is 0 Å². The van der Waals surface area contributed by atoms with Crippen molar-refractivity contribution in [2.45, 2.75) is 38.0 Å². The lowest BCUT2D eigenvalue weighted by molar-refractivity contribution is -0.149. The van der Waals surface area contributed by atoms with Crippen LogP contribution in [-0.4, -0.2) is 32.8 Å². The molecule has 1 N–H and O–H groups in total. The number of carboxylic acid groups (broad SMARTS) is 1. The Morgan fingerprint density at radius 3 is 3.00 bits per heavy atom. The van der Waals surface area contributed by atoms with Gasteiger partial charge < -0.3 is 14.4 Å². The highest BCUT2D eigenvalue weighted by Gasteiger charge is 2.31. The summed E-state index contributed by atoms with van der Waals surface area (Å²) < 4.78 is 7.51. The van der Waals surface area contributed by atoms with E-state index in [-0.39, 0.29) is 12.5 Å². The number of benzene rings is 1. The van der Waals surface area contributed by atoms with E-state index >= 15 is 0 Å². The van der Waals surface area contributed by atoms with E-state index in [0.29, 0.717) is 25.2 Å². The van der Waals surface area contributed by atoms with Crippen molar-refractivity contribution >= 4 is 17.0 Å². The molecule has 6 nitrogen and oxygen atoms in total. The zero-order chi connectivity index (χ0) is 14.8. The Morgan fingerprint density at radius 2 is 2.29 bits per heavy atom. The van der Waals surface area contributed by atoms with Crippen LogP contribution in [-0.2, 0) is 22.5 Å². The molecule has 1 aliphatic heterocycles. The van der Waals surface area contributed by atoms with E-state index in [1.54, 1.807) is 0 Å². The summed E-state index contributed by atoms with van der Waals surface area (Å²) in [7, 11) is 0. The van der Waals surface area contributed by atoms with Crippen LogP contribution in [0, 0.1) is 11.3 Å². The lowest BCUT2D eigenvalue weighted by atomic mass is 10.2. The molecule has 0 spiro atoms. The molecule has 2 atom stereocenters. The van der Waals surface area contributed by atoms with Gasteiger partial charge in [0.25, 0.3) is 0 Å². The molecule has 0 saturated carbocycles. The summed E-state index contributed by atoms with van der Waals surface area (Å²) in [5, 5.41) is 17.9. The molecule has 0 radical (unpaired) electrons. The second kappa shape index (κ2) is 5.54. The molecule has 21 heavy (non-hydrogen) atoms. The monoisotopic (exact) mass is 285 g/mol. The van der Waals surface area contributed by atoms with Gasteiger partial charge in [0.1, 0.15) is 5.82 Å². The molecule has 1 aromatic carbocycles. The van der Waals surface area contributed by atoms with Crippen LogP contribution in [0.5, 0.6) is 0 Å². The standard InChI is InChI=1S/C15H15N3O3/c16-8-7-14-17-11-3-1-2-4-12(11)18(14)9-10-5-6-13(21-10)15(19)20/h1-4,10,13H,5-7,9H2,(H,19,20). The first-order chi connectivity index (χ1) is 10.2. The predicted octanol–water partition coefficient (Wildman–Crippen LogP) is 1.73. The van der Waals surface area contributed by atoms with Gasteiger partial charge in [-0.2, -0.15) is 5.26 Å². The number of hydrogen-bond acceptors (Lipinski definition) is 4. The normalized spacial score (nSPS) is 21.5. The van der Waals surface area contributed by atoms with Crippen LogP contribution in [0.2, 0.25) is 0 Å². The fourth-order valence-electron chi connectivity index (χ4n) is 2.76. The van der Waals surface area contributed by atoms with Gasteiger partial charge in [-0.3, -0.25) is 0 Å². The lowest BCUT2D eigenvalue weighted by Crippen LogP contribution is -2.23. The van der Waals surface area contributed by atoms with Crippen molar-refractivity contribution in [2.75, 3.05) is 0 Å². The number of carboxylic acids is 1. The van der Waals surface area contributed by atoms with Crippen molar-refractivity contribution in [2.24, 2.45) is 0 Å². The molecule has 0 bridgehead atoms. The molecule has 2 unspecified atom stereocenters. The summed E-state index contributed by atoms with van der Waals surface area (Å²) in [6, 6.07) is 9.80. The molecule has 6 heteroatoms. The highest BCUT2D eigenvalue weighted by Crippen LogP contribution is 2.24. The van der Waals surface area contributed by atoms with Crippen molar-refractivity contribution in [3.8, 4) is 6.07 Å². The zero-order valence-electron chi connectivity index (χ0n) is 11.4. The number of para-hydroxylation sites is 2. The number of carbonyl (C=O) groups is 1. The third-order valence-electron chi connectivity index (χ3n) is 3.74. The first-order valence-electron chi connectivity index (χ1n) is 6.88. The van der Waals surface area contributed by atoms with Gasteiger partial charge in [0, 0.05) is 0 Å². The van der Waals surface area contributed by atoms with Crippen LogP contribution >= 0.6 is 0 Å². The molecule has 1 saturated heterocycles. The van der Waals surface area contributed by atoms with E-state index < -0.39 is 12.1 Å². The molecular formula is C15H15N3O3. The summed E-state index contributed by atoms with van der Waals surface area (Å²) in [5.74, 6) is -0.216. The van der Waals surface area contributed by atoms with Crippen LogP contribution in [0.25, 0.3) is 11.0 Å². The number of fused-ring (bicyclic) bond motifs is 1. The third kappa shape index (κ3) is 2.60. The van der Waals surface area contributed by atoms with Crippen LogP contribution in [0.1, 0.15) is 18.7 Å². The Morgan fingerprint density at radius 1 is 1.48 bits per heavy atom. The van der Waals surface area contributed by atoms with Crippen LogP contribution in [0.3, 0.4) is 0 Å². The smallest absolute Gasteiger partial charge is 0.332 e. The first kappa shape index (κ1) is 13.6. The van der Waals surface area contributed by atoms with Crippen molar-refractivity contribution in [1.29, 1.82) is 5.26 Å². The van der Waals surface area contributed by atoms with Gasteiger partial charge in [0.15, 0.2) is 6.10 Å². The Hall–Kier alpha value is -2.39. The highest BCUT2D eigenvalue weighted by atomic mass is 16.5. The number of aliphatic carboxylic acids is 1. The zero-order valence-corrected chi connectivity index (χ0v) is 11.4. The number of nitriles is 1. The molecule has 1 aromatic heterocycles. The molecule has 1 fully saturated rings. The Kier molecular flexibility index (Phi) is 3.59. The number of aromatic nitrogens is 2. The Labute approximate surface area is 121 Å². The van der Waals surface area contributed by atoms with Crippen LogP contribution in [0.15, 0.2) is 24.3 Å². The van der Waals surface area contributed by atoms with Gasteiger partial charge in [-0.1, -0.05) is 12.1 Å². The Balaban J connectivity index is 1.88. The van der Waals surface area contributed by atoms with E-state index in [9.17, 15) is 4.79 Å². The average Bonchev–Trinajstić information content (AvgIpc) is 3.06. The molecule has 0 aliphatic carbocycles. The summed E-state index contributed by atoms with van der Waals surface area (Å²) in [5.41, 5.74) is 1.79. The van der Waals surface area contributed by atoms with E-state index in [1.165, 1.54) is 0 Å². The fraction of sp³-hybridized carbons (Fsp3) is 0.400. The third-order valence-corrected chi connectivity index (χ3v) is 3.74. The minimum absolute atomic E-state index is 0.152. The summed E-state index contributed by atoms with van der Waals surface area (Å²) in [6.07, 6.45) is 0.588. The minimum atomic E-state index is -0.912. The second-order valence-corrected chi connectivity index (χ2v) is 5.12.